The van der Waals surface area contributed by atoms with Crippen molar-refractivity contribution in [2.75, 3.05) is 0 Å². The van der Waals surface area contributed by atoms with E-state index in [1.165, 1.54) is 13.1 Å². The zero-order valence-electron chi connectivity index (χ0n) is 12.3. The van der Waals surface area contributed by atoms with Gasteiger partial charge in [-0.1, -0.05) is 0 Å². The number of Topliss-reactive ketones (excluding diaryl/α,β-unsaturated/α-hetero) is 1. The number of ketones is 1. The lowest BCUT2D eigenvalue weighted by Gasteiger charge is -2.07. The van der Waals surface area contributed by atoms with E-state index in [1.54, 1.807) is 13.8 Å². The molecule has 0 aliphatic carbocycles. The van der Waals surface area contributed by atoms with Gasteiger partial charge in [-0.15, -0.1) is 0 Å². The standard InChI is InChI=1S/C14H15F2N3O3/c1-7-11(9(3)20)8(2)18-12(7)13(21)22-6-10-17-4-5-19(10)14(15)16/h4-5,14,18H,6H2,1-3H3. The highest BCUT2D eigenvalue weighted by atomic mass is 19.3. The number of aromatic amines is 1. The molecule has 0 aliphatic heterocycles. The molecule has 6 nitrogen and oxygen atoms in total. The number of hydrogen-bond acceptors (Lipinski definition) is 4. The monoisotopic (exact) mass is 311 g/mol. The fraction of sp³-hybridized carbons (Fsp3) is 0.357. The van der Waals surface area contributed by atoms with E-state index in [0.29, 0.717) is 21.4 Å². The van der Waals surface area contributed by atoms with Gasteiger partial charge in [0.15, 0.2) is 11.6 Å². The molecule has 0 aliphatic rings. The first-order valence-electron chi connectivity index (χ1n) is 6.50. The van der Waals surface area contributed by atoms with Gasteiger partial charge in [-0.3, -0.25) is 9.36 Å². The maximum absolute atomic E-state index is 12.7. The number of carbonyl (C=O) groups excluding carboxylic acids is 2. The van der Waals surface area contributed by atoms with Gasteiger partial charge in [-0.25, -0.2) is 9.78 Å². The number of rotatable bonds is 5. The van der Waals surface area contributed by atoms with E-state index >= 15 is 0 Å². The Bertz CT molecular complexity index is 719. The van der Waals surface area contributed by atoms with E-state index in [2.05, 4.69) is 9.97 Å². The van der Waals surface area contributed by atoms with Crippen molar-refractivity contribution in [1.29, 1.82) is 0 Å². The minimum atomic E-state index is -2.75. The number of H-pyrrole nitrogens is 1. The quantitative estimate of drug-likeness (QED) is 0.680. The van der Waals surface area contributed by atoms with E-state index < -0.39 is 12.5 Å². The van der Waals surface area contributed by atoms with Crippen LogP contribution in [0.5, 0.6) is 0 Å². The van der Waals surface area contributed by atoms with Crippen molar-refractivity contribution in [3.63, 3.8) is 0 Å². The number of carbonyl (C=O) groups is 2. The molecule has 0 aromatic carbocycles. The van der Waals surface area contributed by atoms with Crippen molar-refractivity contribution < 1.29 is 23.1 Å². The van der Waals surface area contributed by atoms with Crippen LogP contribution in [-0.2, 0) is 11.3 Å². The predicted molar refractivity (Wildman–Crippen MR) is 72.9 cm³/mol. The van der Waals surface area contributed by atoms with Gasteiger partial charge in [0.1, 0.15) is 12.3 Å². The van der Waals surface area contributed by atoms with Crippen LogP contribution in [0.25, 0.3) is 0 Å². The van der Waals surface area contributed by atoms with E-state index in [-0.39, 0.29) is 23.9 Å². The molecule has 0 saturated heterocycles. The second-order valence-corrected chi connectivity index (χ2v) is 4.79. The summed E-state index contributed by atoms with van der Waals surface area (Å²) in [7, 11) is 0. The molecule has 0 saturated carbocycles. The summed E-state index contributed by atoms with van der Waals surface area (Å²) in [5, 5.41) is 0. The Balaban J connectivity index is 2.15. The predicted octanol–water partition coefficient (Wildman–Crippen LogP) is 2.78. The highest BCUT2D eigenvalue weighted by Crippen LogP contribution is 2.20. The molecular weight excluding hydrogens is 296 g/mol. The zero-order chi connectivity index (χ0) is 16.4. The Morgan fingerprint density at radius 1 is 1.41 bits per heavy atom. The molecule has 0 amide bonds. The summed E-state index contributed by atoms with van der Waals surface area (Å²) >= 11 is 0. The lowest BCUT2D eigenvalue weighted by atomic mass is 10.1. The normalized spacial score (nSPS) is 11.0. The SMILES string of the molecule is CC(=O)c1c(C)[nH]c(C(=O)OCc2nccn2C(F)F)c1C. The van der Waals surface area contributed by atoms with Gasteiger partial charge in [0, 0.05) is 23.7 Å². The average molecular weight is 311 g/mol. The summed E-state index contributed by atoms with van der Waals surface area (Å²) in [6, 6.07) is 0. The summed E-state index contributed by atoms with van der Waals surface area (Å²) in [4.78, 5) is 30.1. The Hall–Kier alpha value is -2.51. The van der Waals surface area contributed by atoms with Crippen LogP contribution in [0.15, 0.2) is 12.4 Å². The Morgan fingerprint density at radius 3 is 2.64 bits per heavy atom. The summed E-state index contributed by atoms with van der Waals surface area (Å²) < 4.78 is 30.9. The third-order valence-electron chi connectivity index (χ3n) is 3.29. The smallest absolute Gasteiger partial charge is 0.355 e. The first-order valence-corrected chi connectivity index (χ1v) is 6.50. The maximum Gasteiger partial charge on any atom is 0.355 e. The van der Waals surface area contributed by atoms with E-state index in [1.807, 2.05) is 0 Å². The van der Waals surface area contributed by atoms with Crippen LogP contribution in [0.2, 0.25) is 0 Å². The lowest BCUT2D eigenvalue weighted by molar-refractivity contribution is 0.0370. The number of ether oxygens (including phenoxy) is 1. The summed E-state index contributed by atoms with van der Waals surface area (Å²) in [5.41, 5.74) is 1.61. The molecule has 2 heterocycles. The van der Waals surface area contributed by atoms with Crippen LogP contribution < -0.4 is 0 Å². The molecule has 0 spiro atoms. The minimum Gasteiger partial charge on any atom is -0.453 e. The van der Waals surface area contributed by atoms with Gasteiger partial charge >= 0.3 is 12.5 Å². The van der Waals surface area contributed by atoms with Crippen LogP contribution in [0, 0.1) is 13.8 Å². The number of imidazole rings is 1. The zero-order valence-corrected chi connectivity index (χ0v) is 12.3. The number of esters is 1. The van der Waals surface area contributed by atoms with Crippen molar-refractivity contribution in [2.45, 2.75) is 33.9 Å². The van der Waals surface area contributed by atoms with Crippen LogP contribution in [0.1, 0.15) is 51.4 Å². The number of aromatic nitrogens is 3. The number of halogens is 2. The molecule has 0 bridgehead atoms. The van der Waals surface area contributed by atoms with Crippen molar-refractivity contribution in [1.82, 2.24) is 14.5 Å². The fourth-order valence-corrected chi connectivity index (χ4v) is 2.32. The molecule has 2 aromatic heterocycles. The van der Waals surface area contributed by atoms with Crippen molar-refractivity contribution >= 4 is 11.8 Å². The number of nitrogens with one attached hydrogen (secondary N) is 1. The van der Waals surface area contributed by atoms with E-state index in [9.17, 15) is 18.4 Å². The molecular formula is C14H15F2N3O3. The van der Waals surface area contributed by atoms with Crippen molar-refractivity contribution in [3.05, 3.63) is 40.7 Å². The van der Waals surface area contributed by atoms with Crippen LogP contribution in [0.4, 0.5) is 8.78 Å². The summed E-state index contributed by atoms with van der Waals surface area (Å²) in [5.74, 6) is -0.952. The largest absolute Gasteiger partial charge is 0.453 e. The number of aryl methyl sites for hydroxylation is 1. The first kappa shape index (κ1) is 15.9. The average Bonchev–Trinajstić information content (AvgIpc) is 3.00. The number of alkyl halides is 2. The second-order valence-electron chi connectivity index (χ2n) is 4.79. The molecule has 1 N–H and O–H groups in total. The molecule has 0 unspecified atom stereocenters. The van der Waals surface area contributed by atoms with Gasteiger partial charge in [-0.05, 0) is 26.3 Å². The van der Waals surface area contributed by atoms with Crippen LogP contribution in [-0.4, -0.2) is 26.3 Å². The Morgan fingerprint density at radius 2 is 2.09 bits per heavy atom. The van der Waals surface area contributed by atoms with E-state index in [4.69, 9.17) is 4.74 Å². The lowest BCUT2D eigenvalue weighted by Crippen LogP contribution is -2.11. The molecule has 22 heavy (non-hydrogen) atoms. The Kier molecular flexibility index (Phi) is 4.39. The van der Waals surface area contributed by atoms with Gasteiger partial charge in [0.25, 0.3) is 0 Å². The van der Waals surface area contributed by atoms with Crippen molar-refractivity contribution in [2.24, 2.45) is 0 Å². The maximum atomic E-state index is 12.7. The Labute approximate surface area is 125 Å². The van der Waals surface area contributed by atoms with E-state index in [0.717, 1.165) is 6.20 Å². The highest BCUT2D eigenvalue weighted by Gasteiger charge is 2.21. The third kappa shape index (κ3) is 2.90. The molecule has 0 radical (unpaired) electrons. The van der Waals surface area contributed by atoms with Gasteiger partial charge in [0.05, 0.1) is 0 Å². The molecule has 0 fully saturated rings. The van der Waals surface area contributed by atoms with Crippen LogP contribution in [0.3, 0.4) is 0 Å². The first-order chi connectivity index (χ1) is 10.3. The number of nitrogens with zero attached hydrogens (tertiary/aromatic N) is 2. The highest BCUT2D eigenvalue weighted by molar-refractivity contribution is 6.01. The molecule has 8 heteroatoms. The molecule has 0 atom stereocenters. The molecule has 118 valence electrons. The van der Waals surface area contributed by atoms with Gasteiger partial charge < -0.3 is 9.72 Å². The second kappa shape index (κ2) is 6.08. The van der Waals surface area contributed by atoms with Crippen LogP contribution >= 0.6 is 0 Å². The van der Waals surface area contributed by atoms with Gasteiger partial charge in [0.2, 0.25) is 0 Å². The summed E-state index contributed by atoms with van der Waals surface area (Å²) in [6.45, 7) is 1.55. The fourth-order valence-electron chi connectivity index (χ4n) is 2.32. The van der Waals surface area contributed by atoms with Gasteiger partial charge in [-0.2, -0.15) is 8.78 Å². The van der Waals surface area contributed by atoms with Crippen molar-refractivity contribution in [3.8, 4) is 0 Å². The molecule has 2 aromatic rings. The molecule has 2 rings (SSSR count). The number of hydrogen-bond donors (Lipinski definition) is 1. The third-order valence-corrected chi connectivity index (χ3v) is 3.29. The topological polar surface area (TPSA) is 77.0 Å². The minimum absolute atomic E-state index is 0.0592. The summed E-state index contributed by atoms with van der Waals surface area (Å²) in [6.07, 6.45) is 2.30.